The molecule has 1 aliphatic heterocycles. The van der Waals surface area contributed by atoms with E-state index in [1.807, 2.05) is 61.7 Å². The van der Waals surface area contributed by atoms with E-state index in [1.54, 1.807) is 9.58 Å². The second-order valence-corrected chi connectivity index (χ2v) is 7.64. The van der Waals surface area contributed by atoms with E-state index in [9.17, 15) is 9.59 Å². The maximum Gasteiger partial charge on any atom is 0.244 e. The topological polar surface area (TPSA) is 55.2 Å². The smallest absolute Gasteiger partial charge is 0.244 e. The van der Waals surface area contributed by atoms with E-state index in [4.69, 9.17) is 0 Å². The van der Waals surface area contributed by atoms with Crippen LogP contribution in [0.1, 0.15) is 28.9 Å². The molecule has 0 unspecified atom stereocenters. The van der Waals surface area contributed by atoms with Gasteiger partial charge in [-0.05, 0) is 37.0 Å². The predicted molar refractivity (Wildman–Crippen MR) is 112 cm³/mol. The second kappa shape index (κ2) is 8.43. The van der Waals surface area contributed by atoms with Crippen LogP contribution in [0.25, 0.3) is 11.1 Å². The van der Waals surface area contributed by atoms with Gasteiger partial charge >= 0.3 is 0 Å². The summed E-state index contributed by atoms with van der Waals surface area (Å²) in [5, 5.41) is 4.28. The number of aromatic nitrogens is 2. The van der Waals surface area contributed by atoms with Crippen LogP contribution < -0.4 is 0 Å². The number of benzene rings is 2. The van der Waals surface area contributed by atoms with Gasteiger partial charge in [-0.15, -0.1) is 0 Å². The van der Waals surface area contributed by atoms with Gasteiger partial charge < -0.3 is 4.90 Å². The number of carbonyl (C=O) groups is 2. The Morgan fingerprint density at radius 3 is 2.41 bits per heavy atom. The predicted octanol–water partition coefficient (Wildman–Crippen LogP) is 3.98. The molecule has 1 amide bonds. The van der Waals surface area contributed by atoms with Crippen molar-refractivity contribution in [1.82, 2.24) is 14.7 Å². The third-order valence-electron chi connectivity index (χ3n) is 5.49. The van der Waals surface area contributed by atoms with E-state index in [0.717, 1.165) is 29.7 Å². The van der Waals surface area contributed by atoms with Crippen LogP contribution in [0.15, 0.2) is 66.9 Å². The van der Waals surface area contributed by atoms with Crippen LogP contribution in [0, 0.1) is 12.8 Å². The Bertz CT molecular complexity index is 992. The number of Topliss-reactive ketones (excluding diaryl/α,β-unsaturated/α-hetero) is 1. The summed E-state index contributed by atoms with van der Waals surface area (Å²) in [6, 6.07) is 19.8. The highest BCUT2D eigenvalue weighted by atomic mass is 16.2. The van der Waals surface area contributed by atoms with E-state index >= 15 is 0 Å². The molecule has 1 fully saturated rings. The Balaban J connectivity index is 1.41. The number of amides is 1. The van der Waals surface area contributed by atoms with Crippen molar-refractivity contribution in [3.05, 3.63) is 78.1 Å². The molecule has 1 aliphatic rings. The van der Waals surface area contributed by atoms with Crippen molar-refractivity contribution in [2.45, 2.75) is 26.3 Å². The normalized spacial score (nSPS) is 16.6. The molecule has 0 spiro atoms. The van der Waals surface area contributed by atoms with Crippen LogP contribution >= 0.6 is 0 Å². The Kier molecular flexibility index (Phi) is 5.56. The number of nitrogens with zero attached hydrogens (tertiary/aromatic N) is 3. The second-order valence-electron chi connectivity index (χ2n) is 7.64. The highest BCUT2D eigenvalue weighted by Crippen LogP contribution is 2.24. The summed E-state index contributed by atoms with van der Waals surface area (Å²) < 4.78 is 1.66. The maximum absolute atomic E-state index is 13.0. The van der Waals surface area contributed by atoms with E-state index in [1.165, 1.54) is 0 Å². The number of likely N-dealkylation sites (tertiary alicyclic amines) is 1. The molecule has 29 heavy (non-hydrogen) atoms. The summed E-state index contributed by atoms with van der Waals surface area (Å²) in [6.07, 6.45) is 3.49. The summed E-state index contributed by atoms with van der Waals surface area (Å²) >= 11 is 0. The minimum absolute atomic E-state index is 0.0185. The zero-order valence-electron chi connectivity index (χ0n) is 16.6. The van der Waals surface area contributed by atoms with Gasteiger partial charge in [-0.1, -0.05) is 54.6 Å². The first-order valence-corrected chi connectivity index (χ1v) is 10.1. The van der Waals surface area contributed by atoms with Crippen LogP contribution in [-0.2, 0) is 11.3 Å². The molecule has 1 atom stereocenters. The van der Waals surface area contributed by atoms with Gasteiger partial charge in [0.25, 0.3) is 0 Å². The number of hydrogen-bond acceptors (Lipinski definition) is 3. The minimum Gasteiger partial charge on any atom is -0.340 e. The monoisotopic (exact) mass is 387 g/mol. The molecule has 2 heterocycles. The van der Waals surface area contributed by atoms with Crippen LogP contribution in [0.5, 0.6) is 0 Å². The molecule has 0 saturated carbocycles. The number of carbonyl (C=O) groups excluding carboxylic acids is 2. The van der Waals surface area contributed by atoms with Crippen LogP contribution in [0.4, 0.5) is 0 Å². The SMILES string of the molecule is Cc1ccn(CC(=O)N2CCC[C@@H](C(=O)c3ccc(-c4ccccc4)cc3)C2)n1. The van der Waals surface area contributed by atoms with E-state index < -0.39 is 0 Å². The zero-order valence-corrected chi connectivity index (χ0v) is 16.6. The van der Waals surface area contributed by atoms with Crippen molar-refractivity contribution in [2.75, 3.05) is 13.1 Å². The molecular formula is C24H25N3O2. The van der Waals surface area contributed by atoms with Crippen LogP contribution in [0.2, 0.25) is 0 Å². The van der Waals surface area contributed by atoms with Crippen molar-refractivity contribution in [3.63, 3.8) is 0 Å². The fraction of sp³-hybridized carbons (Fsp3) is 0.292. The molecule has 3 aromatic rings. The van der Waals surface area contributed by atoms with Gasteiger partial charge in [0, 0.05) is 30.8 Å². The molecular weight excluding hydrogens is 362 g/mol. The van der Waals surface area contributed by atoms with Gasteiger partial charge in [0.15, 0.2) is 5.78 Å². The Labute approximate surface area is 171 Å². The quantitative estimate of drug-likeness (QED) is 0.622. The summed E-state index contributed by atoms with van der Waals surface area (Å²) in [5.41, 5.74) is 3.84. The summed E-state index contributed by atoms with van der Waals surface area (Å²) in [7, 11) is 0. The number of aryl methyl sites for hydroxylation is 1. The van der Waals surface area contributed by atoms with Gasteiger partial charge in [-0.25, -0.2) is 0 Å². The molecule has 0 bridgehead atoms. The molecule has 0 radical (unpaired) electrons. The summed E-state index contributed by atoms with van der Waals surface area (Å²) in [4.78, 5) is 27.5. The molecule has 2 aromatic carbocycles. The van der Waals surface area contributed by atoms with Crippen molar-refractivity contribution in [2.24, 2.45) is 5.92 Å². The van der Waals surface area contributed by atoms with Gasteiger partial charge in [-0.2, -0.15) is 5.10 Å². The molecule has 1 aromatic heterocycles. The van der Waals surface area contributed by atoms with Crippen molar-refractivity contribution >= 4 is 11.7 Å². The lowest BCUT2D eigenvalue weighted by Gasteiger charge is -2.32. The molecule has 4 rings (SSSR count). The lowest BCUT2D eigenvalue weighted by Crippen LogP contribution is -2.43. The molecule has 148 valence electrons. The third kappa shape index (κ3) is 4.45. The lowest BCUT2D eigenvalue weighted by molar-refractivity contribution is -0.133. The Hall–Kier alpha value is -3.21. The van der Waals surface area contributed by atoms with E-state index in [-0.39, 0.29) is 24.2 Å². The molecule has 5 nitrogen and oxygen atoms in total. The fourth-order valence-electron chi connectivity index (χ4n) is 3.90. The Morgan fingerprint density at radius 2 is 1.72 bits per heavy atom. The zero-order chi connectivity index (χ0) is 20.2. The van der Waals surface area contributed by atoms with Crippen molar-refractivity contribution in [1.29, 1.82) is 0 Å². The third-order valence-corrected chi connectivity index (χ3v) is 5.49. The molecule has 0 aliphatic carbocycles. The van der Waals surface area contributed by atoms with Crippen LogP contribution in [-0.4, -0.2) is 39.5 Å². The number of hydrogen-bond donors (Lipinski definition) is 0. The lowest BCUT2D eigenvalue weighted by atomic mass is 9.89. The largest absolute Gasteiger partial charge is 0.340 e. The fourth-order valence-corrected chi connectivity index (χ4v) is 3.90. The number of ketones is 1. The van der Waals surface area contributed by atoms with E-state index in [0.29, 0.717) is 18.7 Å². The Morgan fingerprint density at radius 1 is 1.00 bits per heavy atom. The standard InChI is InChI=1S/C24H25N3O2/c1-18-13-15-27(25-18)17-23(28)26-14-5-8-22(16-26)24(29)21-11-9-20(10-12-21)19-6-3-2-4-7-19/h2-4,6-7,9-13,15,22H,5,8,14,16-17H2,1H3/t22-/m1/s1. The first-order chi connectivity index (χ1) is 14.1. The van der Waals surface area contributed by atoms with Crippen molar-refractivity contribution in [3.8, 4) is 11.1 Å². The average molecular weight is 387 g/mol. The van der Waals surface area contributed by atoms with Gasteiger partial charge in [0.1, 0.15) is 6.54 Å². The van der Waals surface area contributed by atoms with Gasteiger partial charge in [-0.3, -0.25) is 14.3 Å². The first-order valence-electron chi connectivity index (χ1n) is 10.1. The maximum atomic E-state index is 13.0. The van der Waals surface area contributed by atoms with Gasteiger partial charge in [0.2, 0.25) is 5.91 Å². The number of rotatable bonds is 5. The van der Waals surface area contributed by atoms with Crippen LogP contribution in [0.3, 0.4) is 0 Å². The highest BCUT2D eigenvalue weighted by molar-refractivity contribution is 5.98. The summed E-state index contributed by atoms with van der Waals surface area (Å²) in [5.74, 6) is -0.00305. The summed E-state index contributed by atoms with van der Waals surface area (Å²) in [6.45, 7) is 3.31. The molecule has 1 saturated heterocycles. The molecule has 5 heteroatoms. The van der Waals surface area contributed by atoms with Gasteiger partial charge in [0.05, 0.1) is 5.69 Å². The molecule has 0 N–H and O–H groups in total. The number of piperidine rings is 1. The van der Waals surface area contributed by atoms with E-state index in [2.05, 4.69) is 17.2 Å². The minimum atomic E-state index is -0.144. The first kappa shape index (κ1) is 19.1. The average Bonchev–Trinajstić information content (AvgIpc) is 3.18. The van der Waals surface area contributed by atoms with Crippen molar-refractivity contribution < 1.29 is 9.59 Å². The highest BCUT2D eigenvalue weighted by Gasteiger charge is 2.29.